The molecule has 66 valence electrons. The van der Waals surface area contributed by atoms with Gasteiger partial charge >= 0.3 is 0 Å². The summed E-state index contributed by atoms with van der Waals surface area (Å²) in [6.45, 7) is 0. The minimum atomic E-state index is -0.418. The molecule has 0 radical (unpaired) electrons. The third-order valence-corrected chi connectivity index (χ3v) is 1.45. The van der Waals surface area contributed by atoms with E-state index in [2.05, 4.69) is 19.9 Å². The van der Waals surface area contributed by atoms with E-state index in [4.69, 9.17) is 5.11 Å². The summed E-state index contributed by atoms with van der Waals surface area (Å²) in [4.78, 5) is 23.6. The van der Waals surface area contributed by atoms with Gasteiger partial charge in [0.25, 0.3) is 5.56 Å². The Bertz CT molecular complexity index is 460. The summed E-state index contributed by atoms with van der Waals surface area (Å²) in [6, 6.07) is 0.993. The number of imidazole rings is 1. The van der Waals surface area contributed by atoms with Crippen LogP contribution in [0.25, 0.3) is 11.6 Å². The summed E-state index contributed by atoms with van der Waals surface area (Å²) in [5.41, 5.74) is -0.418. The first kappa shape index (κ1) is 7.53. The molecule has 2 heterocycles. The molecule has 0 atom stereocenters. The molecule has 0 aliphatic heterocycles. The number of rotatable bonds is 1. The molecule has 0 amide bonds. The minimum Gasteiger partial charge on any atom is -0.493 e. The van der Waals surface area contributed by atoms with Gasteiger partial charge in [-0.05, 0) is 0 Å². The molecule has 2 aromatic rings. The zero-order valence-corrected chi connectivity index (χ0v) is 6.48. The maximum absolute atomic E-state index is 10.9. The Balaban J connectivity index is 2.59. The van der Waals surface area contributed by atoms with Crippen LogP contribution in [0, 0.1) is 0 Å². The number of nitrogens with one attached hydrogen (secondary N) is 2. The highest BCUT2D eigenvalue weighted by Gasteiger charge is 2.03. The largest absolute Gasteiger partial charge is 0.493 e. The summed E-state index contributed by atoms with van der Waals surface area (Å²) < 4.78 is 0. The first-order chi connectivity index (χ1) is 6.25. The first-order valence-corrected chi connectivity index (χ1v) is 3.56. The number of aromatic nitrogens is 4. The maximum atomic E-state index is 10.9. The van der Waals surface area contributed by atoms with Crippen LogP contribution < -0.4 is 5.56 Å². The van der Waals surface area contributed by atoms with E-state index in [0.29, 0.717) is 5.82 Å². The van der Waals surface area contributed by atoms with Crippen molar-refractivity contribution < 1.29 is 5.11 Å². The van der Waals surface area contributed by atoms with Crippen molar-refractivity contribution >= 4 is 0 Å². The van der Waals surface area contributed by atoms with Crippen molar-refractivity contribution in [3.8, 4) is 17.5 Å². The van der Waals surface area contributed by atoms with Gasteiger partial charge in [-0.1, -0.05) is 0 Å². The highest BCUT2D eigenvalue weighted by Crippen LogP contribution is 2.08. The zero-order chi connectivity index (χ0) is 9.26. The fourth-order valence-corrected chi connectivity index (χ4v) is 0.952. The van der Waals surface area contributed by atoms with E-state index in [-0.39, 0.29) is 11.7 Å². The standard InChI is InChI=1S/C7H6N4O2/c12-4-3-5(13)11-7(10-4)6-8-1-2-9-6/h1-3H,(H,8,9)(H2,10,11,12,13). The fraction of sp³-hybridized carbons (Fsp3) is 0. The smallest absolute Gasteiger partial charge is 0.255 e. The second kappa shape index (κ2) is 2.74. The van der Waals surface area contributed by atoms with E-state index in [9.17, 15) is 4.79 Å². The van der Waals surface area contributed by atoms with E-state index >= 15 is 0 Å². The van der Waals surface area contributed by atoms with Crippen LogP contribution in [0.5, 0.6) is 5.88 Å². The van der Waals surface area contributed by atoms with Crippen molar-refractivity contribution in [3.05, 3.63) is 28.8 Å². The molecule has 2 aromatic heterocycles. The number of H-pyrrole nitrogens is 2. The highest BCUT2D eigenvalue weighted by molar-refractivity contribution is 5.42. The van der Waals surface area contributed by atoms with Gasteiger partial charge in [0.2, 0.25) is 5.88 Å². The van der Waals surface area contributed by atoms with Gasteiger partial charge in [-0.25, -0.2) is 4.98 Å². The zero-order valence-electron chi connectivity index (χ0n) is 6.48. The van der Waals surface area contributed by atoms with Gasteiger partial charge in [0.15, 0.2) is 11.6 Å². The SMILES string of the molecule is O=c1cc(O)nc(-c2ncc[nH]2)[nH]1. The van der Waals surface area contributed by atoms with Gasteiger partial charge in [0.1, 0.15) is 0 Å². The Hall–Kier alpha value is -2.11. The van der Waals surface area contributed by atoms with E-state index in [1.807, 2.05) is 0 Å². The molecule has 0 saturated heterocycles. The van der Waals surface area contributed by atoms with E-state index in [1.165, 1.54) is 6.20 Å². The van der Waals surface area contributed by atoms with Crippen LogP contribution in [-0.4, -0.2) is 25.0 Å². The molecule has 6 nitrogen and oxygen atoms in total. The molecular formula is C7H6N4O2. The maximum Gasteiger partial charge on any atom is 0.255 e. The predicted molar refractivity (Wildman–Crippen MR) is 44.1 cm³/mol. The molecule has 0 aliphatic carbocycles. The van der Waals surface area contributed by atoms with Gasteiger partial charge in [0.05, 0.1) is 6.07 Å². The average Bonchev–Trinajstić information content (AvgIpc) is 2.53. The lowest BCUT2D eigenvalue weighted by molar-refractivity contribution is 0.451. The van der Waals surface area contributed by atoms with Crippen molar-refractivity contribution in [2.45, 2.75) is 0 Å². The lowest BCUT2D eigenvalue weighted by Gasteiger charge is -1.95. The van der Waals surface area contributed by atoms with Crippen LogP contribution in [0.3, 0.4) is 0 Å². The van der Waals surface area contributed by atoms with Gasteiger partial charge < -0.3 is 15.1 Å². The molecule has 0 bridgehead atoms. The summed E-state index contributed by atoms with van der Waals surface area (Å²) >= 11 is 0. The molecular weight excluding hydrogens is 172 g/mol. The molecule has 0 fully saturated rings. The van der Waals surface area contributed by atoms with Crippen molar-refractivity contribution in [3.63, 3.8) is 0 Å². The monoisotopic (exact) mass is 178 g/mol. The van der Waals surface area contributed by atoms with Crippen molar-refractivity contribution in [2.75, 3.05) is 0 Å². The van der Waals surface area contributed by atoms with Gasteiger partial charge in [0, 0.05) is 12.4 Å². The van der Waals surface area contributed by atoms with Crippen LogP contribution >= 0.6 is 0 Å². The molecule has 0 spiro atoms. The van der Waals surface area contributed by atoms with Crippen molar-refractivity contribution in [2.24, 2.45) is 0 Å². The quantitative estimate of drug-likeness (QED) is 0.566. The number of hydrogen-bond acceptors (Lipinski definition) is 4. The molecule has 0 aromatic carbocycles. The molecule has 2 rings (SSSR count). The van der Waals surface area contributed by atoms with Crippen LogP contribution in [0.1, 0.15) is 0 Å². The van der Waals surface area contributed by atoms with E-state index < -0.39 is 5.56 Å². The molecule has 0 unspecified atom stereocenters. The lowest BCUT2D eigenvalue weighted by Crippen LogP contribution is -2.07. The number of hydrogen-bond donors (Lipinski definition) is 3. The highest BCUT2D eigenvalue weighted by atomic mass is 16.3. The Morgan fingerprint density at radius 1 is 1.38 bits per heavy atom. The normalized spacial score (nSPS) is 10.2. The van der Waals surface area contributed by atoms with Gasteiger partial charge in [-0.15, -0.1) is 0 Å². The Morgan fingerprint density at radius 2 is 2.23 bits per heavy atom. The molecule has 0 aliphatic rings. The summed E-state index contributed by atoms with van der Waals surface area (Å²) in [5.74, 6) is 0.304. The van der Waals surface area contributed by atoms with Gasteiger partial charge in [-0.2, -0.15) is 4.98 Å². The summed E-state index contributed by atoms with van der Waals surface area (Å²) in [7, 11) is 0. The summed E-state index contributed by atoms with van der Waals surface area (Å²) in [5, 5.41) is 9.02. The van der Waals surface area contributed by atoms with Crippen molar-refractivity contribution in [1.29, 1.82) is 0 Å². The van der Waals surface area contributed by atoms with E-state index in [0.717, 1.165) is 6.07 Å². The molecule has 6 heteroatoms. The second-order valence-corrected chi connectivity index (χ2v) is 2.39. The Labute approximate surface area is 72.3 Å². The van der Waals surface area contributed by atoms with E-state index in [1.54, 1.807) is 6.20 Å². The second-order valence-electron chi connectivity index (χ2n) is 2.39. The topological polar surface area (TPSA) is 94.7 Å². The Morgan fingerprint density at radius 3 is 2.85 bits per heavy atom. The summed E-state index contributed by atoms with van der Waals surface area (Å²) in [6.07, 6.45) is 3.12. The third kappa shape index (κ3) is 1.41. The average molecular weight is 178 g/mol. The number of aromatic amines is 2. The predicted octanol–water partition coefficient (Wildman–Crippen LogP) is -0.134. The van der Waals surface area contributed by atoms with Crippen LogP contribution in [0.4, 0.5) is 0 Å². The fourth-order valence-electron chi connectivity index (χ4n) is 0.952. The third-order valence-electron chi connectivity index (χ3n) is 1.45. The Kier molecular flexibility index (Phi) is 1.59. The van der Waals surface area contributed by atoms with Crippen molar-refractivity contribution in [1.82, 2.24) is 19.9 Å². The molecule has 3 N–H and O–H groups in total. The van der Waals surface area contributed by atoms with Crippen LogP contribution in [0.2, 0.25) is 0 Å². The molecule has 0 saturated carbocycles. The minimum absolute atomic E-state index is 0.218. The van der Waals surface area contributed by atoms with Gasteiger partial charge in [-0.3, -0.25) is 4.79 Å². The number of nitrogens with zero attached hydrogens (tertiary/aromatic N) is 2. The molecule has 13 heavy (non-hydrogen) atoms. The lowest BCUT2D eigenvalue weighted by atomic mass is 10.5. The van der Waals surface area contributed by atoms with Crippen LogP contribution in [-0.2, 0) is 0 Å². The van der Waals surface area contributed by atoms with Crippen LogP contribution in [0.15, 0.2) is 23.3 Å². The first-order valence-electron chi connectivity index (χ1n) is 3.56. The number of aromatic hydroxyl groups is 1.